The van der Waals surface area contributed by atoms with Crippen molar-refractivity contribution in [2.75, 3.05) is 5.32 Å². The van der Waals surface area contributed by atoms with Gasteiger partial charge in [-0.15, -0.1) is 0 Å². The fraction of sp³-hybridized carbons (Fsp3) is 0.227. The van der Waals surface area contributed by atoms with Gasteiger partial charge in [0, 0.05) is 17.7 Å². The average Bonchev–Trinajstić information content (AvgIpc) is 3.21. The lowest BCUT2D eigenvalue weighted by atomic mass is 10.1. The van der Waals surface area contributed by atoms with Gasteiger partial charge in [-0.2, -0.15) is 0 Å². The SMILES string of the molecule is CCCC(NC(=O)C(O)c1cc(F)cc(F)c1)C(=O)Nc1cc(-c2ccccc2)no1. The van der Waals surface area contributed by atoms with Crippen LogP contribution in [0.4, 0.5) is 14.7 Å². The molecule has 3 aromatic rings. The van der Waals surface area contributed by atoms with E-state index in [0.29, 0.717) is 18.2 Å². The zero-order valence-corrected chi connectivity index (χ0v) is 16.6. The molecule has 0 saturated heterocycles. The third kappa shape index (κ3) is 5.73. The second kappa shape index (κ2) is 9.94. The summed E-state index contributed by atoms with van der Waals surface area (Å²) >= 11 is 0. The van der Waals surface area contributed by atoms with Gasteiger partial charge in [0.25, 0.3) is 5.91 Å². The van der Waals surface area contributed by atoms with Crippen molar-refractivity contribution in [1.82, 2.24) is 10.5 Å². The summed E-state index contributed by atoms with van der Waals surface area (Å²) in [4.78, 5) is 25.0. The molecule has 3 N–H and O–H groups in total. The molecule has 3 rings (SSSR count). The number of benzene rings is 2. The highest BCUT2D eigenvalue weighted by Crippen LogP contribution is 2.22. The lowest BCUT2D eigenvalue weighted by molar-refractivity contribution is -0.133. The summed E-state index contributed by atoms with van der Waals surface area (Å²) in [6.07, 6.45) is -1.02. The number of nitrogens with one attached hydrogen (secondary N) is 2. The minimum Gasteiger partial charge on any atom is -0.378 e. The summed E-state index contributed by atoms with van der Waals surface area (Å²) in [5.74, 6) is -3.30. The summed E-state index contributed by atoms with van der Waals surface area (Å²) < 4.78 is 31.9. The van der Waals surface area contributed by atoms with Gasteiger partial charge in [0.05, 0.1) is 0 Å². The summed E-state index contributed by atoms with van der Waals surface area (Å²) in [5.41, 5.74) is 1.07. The Kier molecular flexibility index (Phi) is 7.09. The number of hydrogen-bond donors (Lipinski definition) is 3. The maximum Gasteiger partial charge on any atom is 0.254 e. The molecule has 0 aliphatic rings. The third-order valence-electron chi connectivity index (χ3n) is 4.49. The van der Waals surface area contributed by atoms with E-state index >= 15 is 0 Å². The van der Waals surface area contributed by atoms with E-state index in [-0.39, 0.29) is 17.9 Å². The van der Waals surface area contributed by atoms with Crippen molar-refractivity contribution in [3.8, 4) is 11.3 Å². The van der Waals surface area contributed by atoms with Crippen molar-refractivity contribution in [1.29, 1.82) is 0 Å². The Labute approximate surface area is 177 Å². The van der Waals surface area contributed by atoms with Crippen LogP contribution in [-0.2, 0) is 9.59 Å². The van der Waals surface area contributed by atoms with Gasteiger partial charge in [-0.25, -0.2) is 8.78 Å². The van der Waals surface area contributed by atoms with Gasteiger partial charge in [-0.1, -0.05) is 48.8 Å². The number of nitrogens with zero attached hydrogens (tertiary/aromatic N) is 1. The molecule has 0 aliphatic heterocycles. The van der Waals surface area contributed by atoms with Crippen LogP contribution >= 0.6 is 0 Å². The Balaban J connectivity index is 1.67. The molecule has 2 amide bonds. The van der Waals surface area contributed by atoms with Gasteiger partial charge < -0.3 is 14.9 Å². The van der Waals surface area contributed by atoms with Crippen molar-refractivity contribution in [2.24, 2.45) is 0 Å². The van der Waals surface area contributed by atoms with Gasteiger partial charge in [0.2, 0.25) is 11.8 Å². The van der Waals surface area contributed by atoms with Gasteiger partial charge in [-0.05, 0) is 24.1 Å². The molecule has 0 fully saturated rings. The Morgan fingerprint density at radius 3 is 2.39 bits per heavy atom. The van der Waals surface area contributed by atoms with Crippen LogP contribution < -0.4 is 10.6 Å². The number of carbonyl (C=O) groups is 2. The monoisotopic (exact) mass is 429 g/mol. The normalized spacial score (nSPS) is 12.8. The number of hydrogen-bond acceptors (Lipinski definition) is 5. The van der Waals surface area contributed by atoms with Gasteiger partial charge in [0.15, 0.2) is 6.10 Å². The van der Waals surface area contributed by atoms with Crippen molar-refractivity contribution >= 4 is 17.7 Å². The molecule has 0 bridgehead atoms. The smallest absolute Gasteiger partial charge is 0.254 e. The Morgan fingerprint density at radius 2 is 1.74 bits per heavy atom. The zero-order chi connectivity index (χ0) is 22.4. The average molecular weight is 429 g/mol. The highest BCUT2D eigenvalue weighted by atomic mass is 19.1. The minimum absolute atomic E-state index is 0.0898. The first-order valence-electron chi connectivity index (χ1n) is 9.64. The van der Waals surface area contributed by atoms with Crippen molar-refractivity contribution in [3.05, 3.63) is 71.8 Å². The van der Waals surface area contributed by atoms with Gasteiger partial charge >= 0.3 is 0 Å². The summed E-state index contributed by atoms with van der Waals surface area (Å²) in [7, 11) is 0. The zero-order valence-electron chi connectivity index (χ0n) is 16.6. The Bertz CT molecular complexity index is 1040. The standard InChI is InChI=1S/C22H21F2N3O4/c1-2-6-17(25-22(30)20(28)14-9-15(23)11-16(24)10-14)21(29)26-19-12-18(27-31-19)13-7-4-3-5-8-13/h3-5,7-12,17,20,28H,2,6H2,1H3,(H,25,30)(H,26,29). The van der Waals surface area contributed by atoms with Crippen molar-refractivity contribution < 1.29 is 28.0 Å². The van der Waals surface area contributed by atoms with Crippen LogP contribution in [0.3, 0.4) is 0 Å². The molecule has 31 heavy (non-hydrogen) atoms. The number of carbonyl (C=O) groups excluding carboxylic acids is 2. The molecule has 2 atom stereocenters. The number of aliphatic hydroxyl groups is 1. The first kappa shape index (κ1) is 22.1. The lowest BCUT2D eigenvalue weighted by Gasteiger charge is -2.19. The molecule has 1 heterocycles. The maximum absolute atomic E-state index is 13.4. The molecule has 0 spiro atoms. The quantitative estimate of drug-likeness (QED) is 0.508. The number of rotatable bonds is 8. The minimum atomic E-state index is -1.84. The molecule has 162 valence electrons. The van der Waals surface area contributed by atoms with E-state index in [1.54, 1.807) is 6.07 Å². The maximum atomic E-state index is 13.4. The molecular weight excluding hydrogens is 408 g/mol. The predicted octanol–water partition coefficient (Wildman–Crippen LogP) is 3.58. The summed E-state index contributed by atoms with van der Waals surface area (Å²) in [6.45, 7) is 1.81. The number of halogens is 2. The highest BCUT2D eigenvalue weighted by molar-refractivity contribution is 5.97. The van der Waals surface area contributed by atoms with Gasteiger partial charge in [0.1, 0.15) is 23.4 Å². The summed E-state index contributed by atoms with van der Waals surface area (Å²) in [5, 5.41) is 19.0. The molecule has 1 aromatic heterocycles. The molecular formula is C22H21F2N3O4. The Morgan fingerprint density at radius 1 is 1.06 bits per heavy atom. The van der Waals surface area contributed by atoms with E-state index < -0.39 is 35.6 Å². The molecule has 0 radical (unpaired) electrons. The number of amides is 2. The van der Waals surface area contributed by atoms with E-state index in [9.17, 15) is 23.5 Å². The number of aromatic nitrogens is 1. The van der Waals surface area contributed by atoms with E-state index in [2.05, 4.69) is 15.8 Å². The first-order chi connectivity index (χ1) is 14.9. The number of anilines is 1. The van der Waals surface area contributed by atoms with Crippen LogP contribution in [0.1, 0.15) is 31.4 Å². The largest absolute Gasteiger partial charge is 0.378 e. The highest BCUT2D eigenvalue weighted by Gasteiger charge is 2.26. The topological polar surface area (TPSA) is 104 Å². The van der Waals surface area contributed by atoms with Crippen LogP contribution in [0.2, 0.25) is 0 Å². The van der Waals surface area contributed by atoms with Crippen LogP contribution in [0, 0.1) is 11.6 Å². The second-order valence-corrected chi connectivity index (χ2v) is 6.89. The van der Waals surface area contributed by atoms with Crippen LogP contribution in [0.25, 0.3) is 11.3 Å². The predicted molar refractivity (Wildman–Crippen MR) is 109 cm³/mol. The van der Waals surface area contributed by atoms with Crippen molar-refractivity contribution in [3.63, 3.8) is 0 Å². The lowest BCUT2D eigenvalue weighted by Crippen LogP contribution is -2.45. The molecule has 0 saturated carbocycles. The van der Waals surface area contributed by atoms with E-state index in [4.69, 9.17) is 4.52 Å². The fourth-order valence-corrected chi connectivity index (χ4v) is 2.98. The Hall–Kier alpha value is -3.59. The fourth-order valence-electron chi connectivity index (χ4n) is 2.98. The van der Waals surface area contributed by atoms with E-state index in [0.717, 1.165) is 17.7 Å². The van der Waals surface area contributed by atoms with Crippen LogP contribution in [0.15, 0.2) is 59.1 Å². The molecule has 2 unspecified atom stereocenters. The van der Waals surface area contributed by atoms with Crippen LogP contribution in [0.5, 0.6) is 0 Å². The first-order valence-corrected chi connectivity index (χ1v) is 9.64. The van der Waals surface area contributed by atoms with Crippen molar-refractivity contribution in [2.45, 2.75) is 31.9 Å². The molecule has 9 heteroatoms. The summed E-state index contributed by atoms with van der Waals surface area (Å²) in [6, 6.07) is 12.1. The van der Waals surface area contributed by atoms with E-state index in [1.807, 2.05) is 37.3 Å². The van der Waals surface area contributed by atoms with Gasteiger partial charge in [-0.3, -0.25) is 14.9 Å². The second-order valence-electron chi connectivity index (χ2n) is 6.89. The molecule has 2 aromatic carbocycles. The van der Waals surface area contributed by atoms with Crippen LogP contribution in [-0.4, -0.2) is 28.1 Å². The molecule has 7 nitrogen and oxygen atoms in total. The van der Waals surface area contributed by atoms with E-state index in [1.165, 1.54) is 0 Å². The number of aliphatic hydroxyl groups excluding tert-OH is 1. The molecule has 0 aliphatic carbocycles. The third-order valence-corrected chi connectivity index (χ3v) is 4.49.